The second-order valence-electron chi connectivity index (χ2n) is 3.94. The first-order valence-electron chi connectivity index (χ1n) is 4.95. The van der Waals surface area contributed by atoms with E-state index in [0.717, 1.165) is 0 Å². The minimum atomic E-state index is -3.06. The van der Waals surface area contributed by atoms with Gasteiger partial charge in [0.1, 0.15) is 0 Å². The first-order valence-corrected chi connectivity index (χ1v) is 6.77. The van der Waals surface area contributed by atoms with E-state index in [1.807, 2.05) is 0 Å². The third-order valence-electron chi connectivity index (χ3n) is 2.80. The van der Waals surface area contributed by atoms with Gasteiger partial charge in [-0.3, -0.25) is 9.18 Å². The van der Waals surface area contributed by atoms with Gasteiger partial charge in [0.05, 0.1) is 24.1 Å². The highest BCUT2D eigenvalue weighted by atomic mass is 32.2. The SMILES string of the molecule is O=C(O)C(CCCF)C1CCS(=O)(=O)C1. The molecular weight excluding hydrogens is 223 g/mol. The maximum absolute atomic E-state index is 11.9. The molecule has 15 heavy (non-hydrogen) atoms. The molecule has 0 spiro atoms. The van der Waals surface area contributed by atoms with Gasteiger partial charge < -0.3 is 5.11 Å². The Morgan fingerprint density at radius 2 is 2.20 bits per heavy atom. The number of hydrogen-bond donors (Lipinski definition) is 1. The van der Waals surface area contributed by atoms with Gasteiger partial charge in [0.2, 0.25) is 0 Å². The zero-order valence-electron chi connectivity index (χ0n) is 8.36. The Kier molecular flexibility index (Phi) is 4.07. The molecule has 1 aliphatic heterocycles. The first-order chi connectivity index (χ1) is 6.96. The summed E-state index contributed by atoms with van der Waals surface area (Å²) >= 11 is 0. The highest BCUT2D eigenvalue weighted by Gasteiger charge is 2.36. The highest BCUT2D eigenvalue weighted by Crippen LogP contribution is 2.29. The van der Waals surface area contributed by atoms with Gasteiger partial charge in [0.15, 0.2) is 9.84 Å². The van der Waals surface area contributed by atoms with Crippen LogP contribution in [0.5, 0.6) is 0 Å². The van der Waals surface area contributed by atoms with Crippen molar-refractivity contribution in [1.82, 2.24) is 0 Å². The van der Waals surface area contributed by atoms with Crippen LogP contribution in [0.2, 0.25) is 0 Å². The molecule has 1 N–H and O–H groups in total. The molecule has 1 rings (SSSR count). The van der Waals surface area contributed by atoms with Crippen molar-refractivity contribution in [3.8, 4) is 0 Å². The molecule has 1 aliphatic rings. The van der Waals surface area contributed by atoms with Crippen LogP contribution in [0.15, 0.2) is 0 Å². The predicted octanol–water partition coefficient (Wildman–Crippen LogP) is 0.872. The van der Waals surface area contributed by atoms with E-state index in [9.17, 15) is 17.6 Å². The lowest BCUT2D eigenvalue weighted by Gasteiger charge is -2.17. The zero-order valence-corrected chi connectivity index (χ0v) is 9.17. The van der Waals surface area contributed by atoms with E-state index in [1.165, 1.54) is 0 Å². The summed E-state index contributed by atoms with van der Waals surface area (Å²) in [6.07, 6.45) is 0.811. The molecule has 0 aromatic heterocycles. The molecule has 1 heterocycles. The lowest BCUT2D eigenvalue weighted by atomic mass is 9.88. The topological polar surface area (TPSA) is 71.4 Å². The van der Waals surface area contributed by atoms with Crippen molar-refractivity contribution in [3.05, 3.63) is 0 Å². The summed E-state index contributed by atoms with van der Waals surface area (Å²) < 4.78 is 34.3. The number of hydrogen-bond acceptors (Lipinski definition) is 3. The largest absolute Gasteiger partial charge is 0.481 e. The number of sulfone groups is 1. The Hall–Kier alpha value is -0.650. The summed E-state index contributed by atoms with van der Waals surface area (Å²) in [6, 6.07) is 0. The van der Waals surface area contributed by atoms with Crippen molar-refractivity contribution in [2.75, 3.05) is 18.2 Å². The van der Waals surface area contributed by atoms with Crippen LogP contribution in [-0.4, -0.2) is 37.7 Å². The fourth-order valence-electron chi connectivity index (χ4n) is 2.00. The van der Waals surface area contributed by atoms with Crippen molar-refractivity contribution >= 4 is 15.8 Å². The molecule has 0 aromatic rings. The Labute approximate surface area is 88.4 Å². The number of alkyl halides is 1. The third-order valence-corrected chi connectivity index (χ3v) is 4.60. The van der Waals surface area contributed by atoms with Crippen molar-refractivity contribution in [2.24, 2.45) is 11.8 Å². The van der Waals surface area contributed by atoms with Crippen LogP contribution >= 0.6 is 0 Å². The third kappa shape index (κ3) is 3.44. The summed E-state index contributed by atoms with van der Waals surface area (Å²) in [5.74, 6) is -2.05. The van der Waals surface area contributed by atoms with Gasteiger partial charge >= 0.3 is 5.97 Å². The zero-order chi connectivity index (χ0) is 11.5. The normalized spacial score (nSPS) is 26.3. The number of halogens is 1. The van der Waals surface area contributed by atoms with E-state index in [1.54, 1.807) is 0 Å². The Balaban J connectivity index is 2.61. The van der Waals surface area contributed by atoms with Gasteiger partial charge in [0, 0.05) is 0 Å². The Morgan fingerprint density at radius 1 is 1.53 bits per heavy atom. The number of carboxylic acids is 1. The molecule has 0 bridgehead atoms. The average Bonchev–Trinajstić information content (AvgIpc) is 2.46. The van der Waals surface area contributed by atoms with E-state index in [2.05, 4.69) is 0 Å². The van der Waals surface area contributed by atoms with Crippen LogP contribution < -0.4 is 0 Å². The van der Waals surface area contributed by atoms with Gasteiger partial charge in [0.25, 0.3) is 0 Å². The molecule has 0 radical (unpaired) electrons. The van der Waals surface area contributed by atoms with Crippen LogP contribution in [0.4, 0.5) is 4.39 Å². The molecule has 6 heteroatoms. The molecule has 4 nitrogen and oxygen atoms in total. The monoisotopic (exact) mass is 238 g/mol. The molecule has 1 fully saturated rings. The number of carboxylic acid groups (broad SMARTS) is 1. The van der Waals surface area contributed by atoms with Crippen molar-refractivity contribution < 1.29 is 22.7 Å². The van der Waals surface area contributed by atoms with E-state index >= 15 is 0 Å². The lowest BCUT2D eigenvalue weighted by molar-refractivity contribution is -0.143. The number of carbonyl (C=O) groups is 1. The molecule has 1 saturated heterocycles. The van der Waals surface area contributed by atoms with Crippen molar-refractivity contribution in [1.29, 1.82) is 0 Å². The van der Waals surface area contributed by atoms with Crippen LogP contribution in [-0.2, 0) is 14.6 Å². The van der Waals surface area contributed by atoms with Crippen LogP contribution in [0, 0.1) is 11.8 Å². The quantitative estimate of drug-likeness (QED) is 0.771. The van der Waals surface area contributed by atoms with Crippen molar-refractivity contribution in [3.63, 3.8) is 0 Å². The minimum absolute atomic E-state index is 0.0593. The summed E-state index contributed by atoms with van der Waals surface area (Å²) in [5, 5.41) is 8.91. The molecule has 0 amide bonds. The Bertz CT molecular complexity index is 325. The van der Waals surface area contributed by atoms with E-state index in [0.29, 0.717) is 6.42 Å². The van der Waals surface area contributed by atoms with Gasteiger partial charge in [-0.15, -0.1) is 0 Å². The second kappa shape index (κ2) is 4.92. The number of rotatable bonds is 5. The molecule has 2 atom stereocenters. The van der Waals surface area contributed by atoms with Gasteiger partial charge in [-0.2, -0.15) is 0 Å². The van der Waals surface area contributed by atoms with Gasteiger partial charge in [-0.1, -0.05) is 0 Å². The first kappa shape index (κ1) is 12.4. The summed E-state index contributed by atoms with van der Waals surface area (Å²) in [5.41, 5.74) is 0. The van der Waals surface area contributed by atoms with E-state index < -0.39 is 28.4 Å². The molecule has 0 aliphatic carbocycles. The summed E-state index contributed by atoms with van der Waals surface area (Å²) in [4.78, 5) is 10.9. The van der Waals surface area contributed by atoms with E-state index in [4.69, 9.17) is 5.11 Å². The van der Waals surface area contributed by atoms with Crippen LogP contribution in [0.3, 0.4) is 0 Å². The minimum Gasteiger partial charge on any atom is -0.481 e. The van der Waals surface area contributed by atoms with Crippen LogP contribution in [0.25, 0.3) is 0 Å². The smallest absolute Gasteiger partial charge is 0.306 e. The highest BCUT2D eigenvalue weighted by molar-refractivity contribution is 7.91. The van der Waals surface area contributed by atoms with Crippen LogP contribution in [0.1, 0.15) is 19.3 Å². The van der Waals surface area contributed by atoms with Crippen molar-refractivity contribution in [2.45, 2.75) is 19.3 Å². The fraction of sp³-hybridized carbons (Fsp3) is 0.889. The molecule has 88 valence electrons. The van der Waals surface area contributed by atoms with E-state index in [-0.39, 0.29) is 30.3 Å². The fourth-order valence-corrected chi connectivity index (χ4v) is 3.88. The molecule has 0 saturated carbocycles. The molecule has 0 aromatic carbocycles. The summed E-state index contributed by atoms with van der Waals surface area (Å²) in [6.45, 7) is -0.552. The standard InChI is InChI=1S/C9H15FO4S/c10-4-1-2-8(9(11)12)7-3-5-15(13,14)6-7/h7-8H,1-6H2,(H,11,12). The maximum atomic E-state index is 11.9. The predicted molar refractivity (Wildman–Crippen MR) is 53.1 cm³/mol. The van der Waals surface area contributed by atoms with Gasteiger partial charge in [-0.05, 0) is 25.2 Å². The average molecular weight is 238 g/mol. The molecule has 2 unspecified atom stereocenters. The molecular formula is C9H15FO4S. The second-order valence-corrected chi connectivity index (χ2v) is 6.17. The maximum Gasteiger partial charge on any atom is 0.306 e. The Morgan fingerprint density at radius 3 is 2.60 bits per heavy atom. The van der Waals surface area contributed by atoms with Gasteiger partial charge in [-0.25, -0.2) is 8.42 Å². The lowest BCUT2D eigenvalue weighted by Crippen LogP contribution is -2.24. The summed E-state index contributed by atoms with van der Waals surface area (Å²) in [7, 11) is -3.06. The number of aliphatic carboxylic acids is 1.